The SMILES string of the molecule is COc1cc(C(=O)N2CCC(N)CC2C)ccc1OC1CCCC1. The quantitative estimate of drug-likeness (QED) is 0.920. The highest BCUT2D eigenvalue weighted by atomic mass is 16.5. The minimum atomic E-state index is 0.0418. The molecule has 24 heavy (non-hydrogen) atoms. The molecule has 5 heteroatoms. The van der Waals surface area contributed by atoms with E-state index in [1.807, 2.05) is 17.0 Å². The summed E-state index contributed by atoms with van der Waals surface area (Å²) in [5, 5.41) is 0. The summed E-state index contributed by atoms with van der Waals surface area (Å²) in [6.45, 7) is 2.77. The smallest absolute Gasteiger partial charge is 0.254 e. The van der Waals surface area contributed by atoms with Crippen LogP contribution >= 0.6 is 0 Å². The second kappa shape index (κ2) is 7.43. The fraction of sp³-hybridized carbons (Fsp3) is 0.632. The lowest BCUT2D eigenvalue weighted by Gasteiger charge is -2.36. The van der Waals surface area contributed by atoms with Gasteiger partial charge in [0.25, 0.3) is 5.91 Å². The summed E-state index contributed by atoms with van der Waals surface area (Å²) in [4.78, 5) is 14.7. The molecule has 1 aliphatic heterocycles. The van der Waals surface area contributed by atoms with Crippen LogP contribution in [-0.4, -0.2) is 42.6 Å². The molecule has 2 unspecified atom stereocenters. The van der Waals surface area contributed by atoms with Gasteiger partial charge in [0, 0.05) is 24.2 Å². The molecular formula is C19H28N2O3. The molecule has 2 atom stereocenters. The summed E-state index contributed by atoms with van der Waals surface area (Å²) in [6, 6.07) is 5.87. The molecule has 1 saturated carbocycles. The number of rotatable bonds is 4. The maximum absolute atomic E-state index is 12.8. The number of hydrogen-bond acceptors (Lipinski definition) is 4. The first-order chi connectivity index (χ1) is 11.6. The zero-order valence-corrected chi connectivity index (χ0v) is 14.7. The van der Waals surface area contributed by atoms with Crippen LogP contribution in [-0.2, 0) is 0 Å². The Morgan fingerprint density at radius 1 is 1.21 bits per heavy atom. The third-order valence-electron chi connectivity index (χ3n) is 5.18. The summed E-state index contributed by atoms with van der Waals surface area (Å²) in [7, 11) is 1.62. The van der Waals surface area contributed by atoms with Crippen LogP contribution in [0.5, 0.6) is 11.5 Å². The Balaban J connectivity index is 1.74. The van der Waals surface area contributed by atoms with Crippen LogP contribution < -0.4 is 15.2 Å². The van der Waals surface area contributed by atoms with Gasteiger partial charge in [-0.15, -0.1) is 0 Å². The molecule has 0 radical (unpaired) electrons. The van der Waals surface area contributed by atoms with Gasteiger partial charge < -0.3 is 20.1 Å². The van der Waals surface area contributed by atoms with Gasteiger partial charge in [0.15, 0.2) is 11.5 Å². The zero-order valence-electron chi connectivity index (χ0n) is 14.7. The van der Waals surface area contributed by atoms with Crippen LogP contribution in [0.2, 0.25) is 0 Å². The number of amides is 1. The van der Waals surface area contributed by atoms with E-state index in [9.17, 15) is 4.79 Å². The largest absolute Gasteiger partial charge is 0.493 e. The predicted molar refractivity (Wildman–Crippen MR) is 93.6 cm³/mol. The van der Waals surface area contributed by atoms with Crippen molar-refractivity contribution in [3.63, 3.8) is 0 Å². The minimum Gasteiger partial charge on any atom is -0.493 e. The summed E-state index contributed by atoms with van der Waals surface area (Å²) < 4.78 is 11.5. The van der Waals surface area contributed by atoms with E-state index in [4.69, 9.17) is 15.2 Å². The van der Waals surface area contributed by atoms with E-state index in [0.717, 1.165) is 31.4 Å². The number of likely N-dealkylation sites (tertiary alicyclic amines) is 1. The van der Waals surface area contributed by atoms with Gasteiger partial charge in [-0.3, -0.25) is 4.79 Å². The molecule has 1 saturated heterocycles. The van der Waals surface area contributed by atoms with E-state index < -0.39 is 0 Å². The topological polar surface area (TPSA) is 64.8 Å². The minimum absolute atomic E-state index is 0.0418. The molecule has 1 amide bonds. The van der Waals surface area contributed by atoms with Crippen molar-refractivity contribution in [2.75, 3.05) is 13.7 Å². The van der Waals surface area contributed by atoms with Gasteiger partial charge >= 0.3 is 0 Å². The van der Waals surface area contributed by atoms with Gasteiger partial charge in [0.1, 0.15) is 0 Å². The number of piperidine rings is 1. The van der Waals surface area contributed by atoms with E-state index in [1.54, 1.807) is 13.2 Å². The molecule has 132 valence electrons. The molecule has 2 aliphatic rings. The van der Waals surface area contributed by atoms with Crippen LogP contribution in [0.1, 0.15) is 55.8 Å². The second-order valence-electron chi connectivity index (χ2n) is 7.02. The Hall–Kier alpha value is -1.75. The number of nitrogens with two attached hydrogens (primary N) is 1. The number of methoxy groups -OCH3 is 1. The number of nitrogens with zero attached hydrogens (tertiary/aromatic N) is 1. The molecule has 1 heterocycles. The average molecular weight is 332 g/mol. The number of carbonyl (C=O) groups excluding carboxylic acids is 1. The highest BCUT2D eigenvalue weighted by Gasteiger charge is 2.28. The van der Waals surface area contributed by atoms with Crippen molar-refractivity contribution in [2.45, 2.75) is 63.6 Å². The standard InChI is InChI=1S/C19H28N2O3/c1-13-11-15(20)9-10-21(13)19(22)14-7-8-17(18(12-14)23-2)24-16-5-3-4-6-16/h7-8,12-13,15-16H,3-6,9-11,20H2,1-2H3. The molecule has 1 aromatic rings. The van der Waals surface area contributed by atoms with Crippen LogP contribution in [0.15, 0.2) is 18.2 Å². The first kappa shape index (κ1) is 17.1. The van der Waals surface area contributed by atoms with E-state index in [2.05, 4.69) is 6.92 Å². The summed E-state index contributed by atoms with van der Waals surface area (Å²) in [6.07, 6.45) is 6.60. The van der Waals surface area contributed by atoms with Gasteiger partial charge in [0.05, 0.1) is 13.2 Å². The molecule has 0 bridgehead atoms. The molecule has 2 N–H and O–H groups in total. The van der Waals surface area contributed by atoms with Gasteiger partial charge in [-0.05, 0) is 63.6 Å². The molecule has 0 aromatic heterocycles. The van der Waals surface area contributed by atoms with E-state index in [-0.39, 0.29) is 24.1 Å². The van der Waals surface area contributed by atoms with Gasteiger partial charge in [0.2, 0.25) is 0 Å². The monoisotopic (exact) mass is 332 g/mol. The van der Waals surface area contributed by atoms with Crippen molar-refractivity contribution in [3.05, 3.63) is 23.8 Å². The number of carbonyl (C=O) groups is 1. The van der Waals surface area contributed by atoms with Crippen LogP contribution in [0.4, 0.5) is 0 Å². The van der Waals surface area contributed by atoms with E-state index >= 15 is 0 Å². The Morgan fingerprint density at radius 3 is 2.62 bits per heavy atom. The van der Waals surface area contributed by atoms with Gasteiger partial charge in [-0.2, -0.15) is 0 Å². The first-order valence-corrected chi connectivity index (χ1v) is 8.99. The second-order valence-corrected chi connectivity index (χ2v) is 7.02. The predicted octanol–water partition coefficient (Wildman–Crippen LogP) is 2.97. The Labute approximate surface area is 144 Å². The van der Waals surface area contributed by atoms with Crippen LogP contribution in [0.25, 0.3) is 0 Å². The number of benzene rings is 1. The van der Waals surface area contributed by atoms with Crippen molar-refractivity contribution in [1.29, 1.82) is 0 Å². The van der Waals surface area contributed by atoms with Gasteiger partial charge in [-0.1, -0.05) is 0 Å². The third-order valence-corrected chi connectivity index (χ3v) is 5.18. The van der Waals surface area contributed by atoms with Crippen molar-refractivity contribution in [2.24, 2.45) is 5.73 Å². The average Bonchev–Trinajstić information content (AvgIpc) is 3.07. The fourth-order valence-electron chi connectivity index (χ4n) is 3.76. The van der Waals surface area contributed by atoms with Crippen molar-refractivity contribution in [1.82, 2.24) is 4.90 Å². The molecule has 2 fully saturated rings. The zero-order chi connectivity index (χ0) is 17.1. The van der Waals surface area contributed by atoms with Crippen molar-refractivity contribution >= 4 is 5.91 Å². The van der Waals surface area contributed by atoms with Crippen LogP contribution in [0.3, 0.4) is 0 Å². The Bertz CT molecular complexity index is 584. The summed E-state index contributed by atoms with van der Waals surface area (Å²) >= 11 is 0. The molecule has 3 rings (SSSR count). The maximum Gasteiger partial charge on any atom is 0.254 e. The van der Waals surface area contributed by atoms with Crippen molar-refractivity contribution < 1.29 is 14.3 Å². The molecule has 1 aromatic carbocycles. The maximum atomic E-state index is 12.8. The number of hydrogen-bond donors (Lipinski definition) is 1. The lowest BCUT2D eigenvalue weighted by Crippen LogP contribution is -2.48. The molecular weight excluding hydrogens is 304 g/mol. The molecule has 1 aliphatic carbocycles. The fourth-order valence-corrected chi connectivity index (χ4v) is 3.76. The van der Waals surface area contributed by atoms with Crippen molar-refractivity contribution in [3.8, 4) is 11.5 Å². The van der Waals surface area contributed by atoms with Crippen LogP contribution in [0, 0.1) is 0 Å². The highest BCUT2D eigenvalue weighted by Crippen LogP contribution is 2.33. The lowest BCUT2D eigenvalue weighted by molar-refractivity contribution is 0.0618. The van der Waals surface area contributed by atoms with Gasteiger partial charge in [-0.25, -0.2) is 0 Å². The lowest BCUT2D eigenvalue weighted by atomic mass is 9.98. The normalized spacial score (nSPS) is 24.9. The molecule has 0 spiro atoms. The van der Waals surface area contributed by atoms with E-state index in [1.165, 1.54) is 12.8 Å². The summed E-state index contributed by atoms with van der Waals surface area (Å²) in [5.74, 6) is 1.41. The number of ether oxygens (including phenoxy) is 2. The molecule has 5 nitrogen and oxygen atoms in total. The Kier molecular flexibility index (Phi) is 5.29. The third kappa shape index (κ3) is 3.66. The van der Waals surface area contributed by atoms with E-state index in [0.29, 0.717) is 17.9 Å². The Morgan fingerprint density at radius 2 is 1.96 bits per heavy atom. The summed E-state index contributed by atoms with van der Waals surface area (Å²) in [5.41, 5.74) is 6.64. The highest BCUT2D eigenvalue weighted by molar-refractivity contribution is 5.95. The first-order valence-electron chi connectivity index (χ1n) is 8.99.